The summed E-state index contributed by atoms with van der Waals surface area (Å²) in [6, 6.07) is 4.89. The van der Waals surface area contributed by atoms with Gasteiger partial charge in [0.15, 0.2) is 0 Å². The molecule has 1 aliphatic rings. The van der Waals surface area contributed by atoms with Gasteiger partial charge in [-0.1, -0.05) is 19.3 Å². The molecule has 1 unspecified atom stereocenters. The molecule has 1 fully saturated rings. The minimum atomic E-state index is 0.678. The molecule has 1 N–H and O–H groups in total. The van der Waals surface area contributed by atoms with Gasteiger partial charge in [0.2, 0.25) is 0 Å². The van der Waals surface area contributed by atoms with E-state index in [2.05, 4.69) is 29.4 Å². The van der Waals surface area contributed by atoms with Crippen LogP contribution in [0.25, 0.3) is 0 Å². The van der Waals surface area contributed by atoms with Gasteiger partial charge in [-0.05, 0) is 56.3 Å². The van der Waals surface area contributed by atoms with Gasteiger partial charge in [0.25, 0.3) is 0 Å². The third-order valence-corrected chi connectivity index (χ3v) is 3.99. The summed E-state index contributed by atoms with van der Waals surface area (Å²) in [5.41, 5.74) is 1.38. The van der Waals surface area contributed by atoms with Crippen LogP contribution in [0.15, 0.2) is 24.5 Å². The number of nitrogens with zero attached hydrogens (tertiary/aromatic N) is 1. The summed E-state index contributed by atoms with van der Waals surface area (Å²) in [4.78, 5) is 4.04. The zero-order valence-electron chi connectivity index (χ0n) is 10.9. The molecule has 2 nitrogen and oxygen atoms in total. The first-order chi connectivity index (χ1) is 8.36. The highest BCUT2D eigenvalue weighted by molar-refractivity contribution is 5.09. The fourth-order valence-electron chi connectivity index (χ4n) is 2.79. The van der Waals surface area contributed by atoms with Crippen LogP contribution in [-0.4, -0.2) is 17.6 Å². The van der Waals surface area contributed by atoms with Crippen LogP contribution in [0.1, 0.15) is 44.6 Å². The van der Waals surface area contributed by atoms with Crippen molar-refractivity contribution in [3.8, 4) is 0 Å². The van der Waals surface area contributed by atoms with Crippen LogP contribution < -0.4 is 5.32 Å². The third-order valence-electron chi connectivity index (χ3n) is 3.99. The Bertz CT molecular complexity index is 304. The molecule has 17 heavy (non-hydrogen) atoms. The van der Waals surface area contributed by atoms with E-state index in [0.29, 0.717) is 6.04 Å². The minimum Gasteiger partial charge on any atom is -0.314 e. The Morgan fingerprint density at radius 1 is 1.24 bits per heavy atom. The molecule has 1 heterocycles. The molecule has 2 rings (SSSR count). The molecule has 1 aliphatic carbocycles. The molecule has 0 bridgehead atoms. The van der Waals surface area contributed by atoms with Crippen LogP contribution in [-0.2, 0) is 6.42 Å². The Kier molecular flexibility index (Phi) is 4.99. The van der Waals surface area contributed by atoms with Crippen LogP contribution in [0.4, 0.5) is 0 Å². The van der Waals surface area contributed by atoms with Crippen molar-refractivity contribution in [2.75, 3.05) is 6.54 Å². The van der Waals surface area contributed by atoms with Crippen molar-refractivity contribution in [2.45, 2.75) is 51.5 Å². The molecule has 1 aromatic heterocycles. The maximum Gasteiger partial charge on any atom is 0.0270 e. The molecular weight excluding hydrogens is 208 g/mol. The highest BCUT2D eigenvalue weighted by Crippen LogP contribution is 2.26. The predicted octanol–water partition coefficient (Wildman–Crippen LogP) is 3.18. The summed E-state index contributed by atoms with van der Waals surface area (Å²) in [5, 5.41) is 3.68. The largest absolute Gasteiger partial charge is 0.314 e. The maximum absolute atomic E-state index is 4.04. The molecule has 0 amide bonds. The van der Waals surface area contributed by atoms with Crippen LogP contribution in [0, 0.1) is 5.92 Å². The van der Waals surface area contributed by atoms with Gasteiger partial charge < -0.3 is 5.32 Å². The lowest BCUT2D eigenvalue weighted by Crippen LogP contribution is -2.35. The number of hydrogen-bond acceptors (Lipinski definition) is 2. The lowest BCUT2D eigenvalue weighted by atomic mass is 9.84. The number of nitrogens with one attached hydrogen (secondary N) is 1. The van der Waals surface area contributed by atoms with Crippen LogP contribution in [0.2, 0.25) is 0 Å². The van der Waals surface area contributed by atoms with Crippen molar-refractivity contribution in [2.24, 2.45) is 5.92 Å². The Labute approximate surface area is 105 Å². The number of hydrogen-bond donors (Lipinski definition) is 1. The van der Waals surface area contributed by atoms with E-state index in [4.69, 9.17) is 0 Å². The fourth-order valence-corrected chi connectivity index (χ4v) is 2.79. The minimum absolute atomic E-state index is 0.678. The van der Waals surface area contributed by atoms with E-state index < -0.39 is 0 Å². The number of pyridine rings is 1. The van der Waals surface area contributed by atoms with Gasteiger partial charge in [-0.3, -0.25) is 4.98 Å². The van der Waals surface area contributed by atoms with Crippen molar-refractivity contribution < 1.29 is 0 Å². The van der Waals surface area contributed by atoms with E-state index in [1.54, 1.807) is 0 Å². The molecule has 1 atom stereocenters. The number of aromatic nitrogens is 1. The molecule has 94 valence electrons. The lowest BCUT2D eigenvalue weighted by Gasteiger charge is -2.28. The summed E-state index contributed by atoms with van der Waals surface area (Å²) < 4.78 is 0. The average Bonchev–Trinajstić information content (AvgIpc) is 2.41. The lowest BCUT2D eigenvalue weighted by molar-refractivity contribution is 0.283. The second-order valence-corrected chi connectivity index (χ2v) is 5.25. The van der Waals surface area contributed by atoms with Gasteiger partial charge in [0.05, 0.1) is 0 Å². The van der Waals surface area contributed by atoms with E-state index >= 15 is 0 Å². The Balaban J connectivity index is 1.67. The average molecular weight is 232 g/mol. The zero-order valence-corrected chi connectivity index (χ0v) is 10.9. The Hall–Kier alpha value is -0.890. The van der Waals surface area contributed by atoms with E-state index in [-0.39, 0.29) is 0 Å². The smallest absolute Gasteiger partial charge is 0.0270 e. The summed E-state index contributed by atoms with van der Waals surface area (Å²) in [6.07, 6.45) is 12.0. The van der Waals surface area contributed by atoms with Crippen molar-refractivity contribution in [1.82, 2.24) is 10.3 Å². The van der Waals surface area contributed by atoms with Crippen LogP contribution in [0.5, 0.6) is 0 Å². The van der Waals surface area contributed by atoms with Crippen molar-refractivity contribution >= 4 is 0 Å². The molecule has 0 saturated heterocycles. The van der Waals surface area contributed by atoms with Crippen LogP contribution >= 0.6 is 0 Å². The van der Waals surface area contributed by atoms with Gasteiger partial charge >= 0.3 is 0 Å². The molecule has 1 aromatic rings. The summed E-state index contributed by atoms with van der Waals surface area (Å²) in [7, 11) is 0. The highest BCUT2D eigenvalue weighted by Gasteiger charge is 2.19. The normalized spacial score (nSPS) is 19.1. The quantitative estimate of drug-likeness (QED) is 0.843. The SMILES string of the molecule is CC(NCCc1ccncc1)C1CCCCC1. The molecule has 0 radical (unpaired) electrons. The number of rotatable bonds is 5. The fraction of sp³-hybridized carbons (Fsp3) is 0.667. The first-order valence-corrected chi connectivity index (χ1v) is 6.98. The van der Waals surface area contributed by atoms with Gasteiger partial charge in [0.1, 0.15) is 0 Å². The third kappa shape index (κ3) is 4.12. The first kappa shape index (κ1) is 12.6. The molecule has 0 spiro atoms. The second kappa shape index (κ2) is 6.75. The summed E-state index contributed by atoms with van der Waals surface area (Å²) in [6.45, 7) is 3.43. The topological polar surface area (TPSA) is 24.9 Å². The zero-order chi connectivity index (χ0) is 11.9. The maximum atomic E-state index is 4.04. The molecule has 1 saturated carbocycles. The first-order valence-electron chi connectivity index (χ1n) is 6.98. The van der Waals surface area contributed by atoms with E-state index in [1.165, 1.54) is 37.7 Å². The van der Waals surface area contributed by atoms with Gasteiger partial charge in [0, 0.05) is 18.4 Å². The second-order valence-electron chi connectivity index (χ2n) is 5.25. The summed E-state index contributed by atoms with van der Waals surface area (Å²) in [5.74, 6) is 0.904. The van der Waals surface area contributed by atoms with E-state index in [1.807, 2.05) is 12.4 Å². The molecular formula is C15H24N2. The highest BCUT2D eigenvalue weighted by atomic mass is 14.9. The Morgan fingerprint density at radius 2 is 1.94 bits per heavy atom. The van der Waals surface area contributed by atoms with Crippen molar-refractivity contribution in [1.29, 1.82) is 0 Å². The van der Waals surface area contributed by atoms with Crippen molar-refractivity contribution in [3.05, 3.63) is 30.1 Å². The summed E-state index contributed by atoms with van der Waals surface area (Å²) >= 11 is 0. The van der Waals surface area contributed by atoms with E-state index in [0.717, 1.165) is 18.9 Å². The molecule has 2 heteroatoms. The van der Waals surface area contributed by atoms with Gasteiger partial charge in [-0.15, -0.1) is 0 Å². The van der Waals surface area contributed by atoms with Crippen LogP contribution in [0.3, 0.4) is 0 Å². The monoisotopic (exact) mass is 232 g/mol. The Morgan fingerprint density at radius 3 is 2.65 bits per heavy atom. The van der Waals surface area contributed by atoms with E-state index in [9.17, 15) is 0 Å². The predicted molar refractivity (Wildman–Crippen MR) is 72.0 cm³/mol. The van der Waals surface area contributed by atoms with Gasteiger partial charge in [-0.25, -0.2) is 0 Å². The molecule has 0 aromatic carbocycles. The van der Waals surface area contributed by atoms with Crippen molar-refractivity contribution in [3.63, 3.8) is 0 Å². The standard InChI is InChI=1S/C15H24N2/c1-13(15-5-3-2-4-6-15)17-12-9-14-7-10-16-11-8-14/h7-8,10-11,13,15,17H,2-6,9,12H2,1H3. The van der Waals surface area contributed by atoms with Gasteiger partial charge in [-0.2, -0.15) is 0 Å². The molecule has 0 aliphatic heterocycles.